The second-order valence-corrected chi connectivity index (χ2v) is 8.31. The first kappa shape index (κ1) is 21.8. The monoisotopic (exact) mass is 612 g/mol. The molecule has 2 aromatic rings. The van der Waals surface area contributed by atoms with Crippen molar-refractivity contribution in [2.24, 2.45) is 11.5 Å². The van der Waals surface area contributed by atoms with Crippen LogP contribution in [-0.2, 0) is 17.9 Å². The molecule has 0 aliphatic rings. The van der Waals surface area contributed by atoms with Gasteiger partial charge in [0, 0.05) is 42.4 Å². The molecular formula is C19H16Cl2I2N2O. The van der Waals surface area contributed by atoms with Crippen molar-refractivity contribution in [2.75, 3.05) is 0 Å². The van der Waals surface area contributed by atoms with E-state index < -0.39 is 0 Å². The first-order valence-corrected chi connectivity index (χ1v) is 10.6. The van der Waals surface area contributed by atoms with Gasteiger partial charge in [-0.3, -0.25) is 4.79 Å². The molecule has 0 aromatic heterocycles. The summed E-state index contributed by atoms with van der Waals surface area (Å²) in [7, 11) is 0. The lowest BCUT2D eigenvalue weighted by Gasteiger charge is -2.15. The van der Waals surface area contributed by atoms with Crippen LogP contribution < -0.4 is 11.5 Å². The summed E-state index contributed by atoms with van der Waals surface area (Å²) in [5.74, 6) is -0.275. The summed E-state index contributed by atoms with van der Waals surface area (Å²) < 4.78 is 1.96. The number of carbonyl (C=O) groups is 1. The fraction of sp³-hybridized carbons (Fsp3) is 0.105. The zero-order chi connectivity index (χ0) is 19.3. The second kappa shape index (κ2) is 10.2. The van der Waals surface area contributed by atoms with Crippen molar-refractivity contribution in [1.82, 2.24) is 0 Å². The van der Waals surface area contributed by atoms with Crippen LogP contribution in [-0.4, -0.2) is 5.78 Å². The zero-order valence-electron chi connectivity index (χ0n) is 13.6. The Bertz CT molecular complexity index is 824. The Morgan fingerprint density at radius 2 is 1.23 bits per heavy atom. The molecule has 0 bridgehead atoms. The van der Waals surface area contributed by atoms with Gasteiger partial charge in [-0.25, -0.2) is 0 Å². The van der Waals surface area contributed by atoms with Crippen LogP contribution >= 0.6 is 68.4 Å². The van der Waals surface area contributed by atoms with Crippen molar-refractivity contribution in [1.29, 1.82) is 0 Å². The Morgan fingerprint density at radius 3 is 1.54 bits per heavy atom. The summed E-state index contributed by atoms with van der Waals surface area (Å²) in [4.78, 5) is 13.3. The predicted molar refractivity (Wildman–Crippen MR) is 127 cm³/mol. The lowest BCUT2D eigenvalue weighted by molar-refractivity contribution is -0.108. The van der Waals surface area contributed by atoms with Crippen LogP contribution in [0.5, 0.6) is 0 Å². The lowest BCUT2D eigenvalue weighted by Crippen LogP contribution is -2.11. The summed E-state index contributed by atoms with van der Waals surface area (Å²) in [5.41, 5.74) is 18.0. The number of allylic oxidation sites excluding steroid dienone is 2. The number of carbonyl (C=O) groups excluding carboxylic acids is 1. The van der Waals surface area contributed by atoms with Crippen molar-refractivity contribution < 1.29 is 4.79 Å². The van der Waals surface area contributed by atoms with Crippen molar-refractivity contribution in [3.63, 3.8) is 0 Å². The zero-order valence-corrected chi connectivity index (χ0v) is 19.4. The Labute approximate surface area is 190 Å². The van der Waals surface area contributed by atoms with Gasteiger partial charge in [0.15, 0.2) is 5.78 Å². The molecule has 136 valence electrons. The van der Waals surface area contributed by atoms with Crippen LogP contribution in [0.15, 0.2) is 47.5 Å². The number of hydrogen-bond donors (Lipinski definition) is 2. The summed E-state index contributed by atoms with van der Waals surface area (Å²) in [6.07, 6.45) is 0. The minimum atomic E-state index is -0.275. The third-order valence-corrected chi connectivity index (χ3v) is 5.65. The van der Waals surface area contributed by atoms with Crippen molar-refractivity contribution in [2.45, 2.75) is 13.1 Å². The molecule has 0 heterocycles. The molecule has 0 fully saturated rings. The van der Waals surface area contributed by atoms with E-state index >= 15 is 0 Å². The normalized spacial score (nSPS) is 12.4. The molecule has 0 saturated carbocycles. The molecule has 0 amide bonds. The largest absolute Gasteiger partial charge is 0.326 e. The van der Waals surface area contributed by atoms with Crippen LogP contribution in [0, 0.1) is 7.14 Å². The number of Topliss-reactive ketones (excluding diaryl/α,β-unsaturated/α-hetero) is 1. The molecular weight excluding hydrogens is 597 g/mol. The number of halogens is 4. The summed E-state index contributed by atoms with van der Waals surface area (Å²) >= 11 is 16.5. The molecule has 7 heteroatoms. The number of rotatable bonds is 6. The van der Waals surface area contributed by atoms with E-state index in [1.165, 1.54) is 11.1 Å². The first-order valence-electron chi connectivity index (χ1n) is 7.60. The van der Waals surface area contributed by atoms with Gasteiger partial charge in [0.1, 0.15) is 0 Å². The van der Waals surface area contributed by atoms with E-state index in [9.17, 15) is 4.79 Å². The predicted octanol–water partition coefficient (Wildman–Crippen LogP) is 5.24. The van der Waals surface area contributed by atoms with Gasteiger partial charge in [0.25, 0.3) is 0 Å². The van der Waals surface area contributed by atoms with Gasteiger partial charge in [-0.05, 0) is 91.7 Å². The molecule has 26 heavy (non-hydrogen) atoms. The van der Waals surface area contributed by atoms with Crippen molar-refractivity contribution >= 4 is 85.3 Å². The Balaban J connectivity index is 2.58. The van der Waals surface area contributed by atoms with Crippen LogP contribution in [0.4, 0.5) is 0 Å². The third-order valence-electron chi connectivity index (χ3n) is 3.87. The van der Waals surface area contributed by atoms with Crippen molar-refractivity contribution in [3.05, 3.63) is 76.9 Å². The van der Waals surface area contributed by atoms with Gasteiger partial charge in [0.2, 0.25) is 0 Å². The minimum absolute atomic E-state index is 0.275. The Hall–Kier alpha value is -0.450. The standard InChI is InChI=1S/C19H16Cl2I2N2O/c20-7-17(15-5-13(22)3-1-11(15)9-24)19(26)18(8-21)16-6-14(23)4-2-12(16)10-25/h1-8H,9-10,24-25H2. The molecule has 3 nitrogen and oxygen atoms in total. The lowest BCUT2D eigenvalue weighted by atomic mass is 9.90. The molecule has 0 unspecified atom stereocenters. The first-order chi connectivity index (χ1) is 12.5. The summed E-state index contributed by atoms with van der Waals surface area (Å²) in [6, 6.07) is 11.4. The van der Waals surface area contributed by atoms with Gasteiger partial charge < -0.3 is 11.5 Å². The smallest absolute Gasteiger partial charge is 0.196 e. The highest BCUT2D eigenvalue weighted by Crippen LogP contribution is 2.31. The quantitative estimate of drug-likeness (QED) is 0.346. The molecule has 0 aliphatic carbocycles. The van der Waals surface area contributed by atoms with Crippen LogP contribution in [0.3, 0.4) is 0 Å². The van der Waals surface area contributed by atoms with E-state index in [0.29, 0.717) is 35.4 Å². The van der Waals surface area contributed by atoms with Crippen LogP contribution in [0.25, 0.3) is 11.1 Å². The molecule has 0 aliphatic heterocycles. The van der Waals surface area contributed by atoms with Gasteiger partial charge in [0.05, 0.1) is 0 Å². The van der Waals surface area contributed by atoms with Crippen molar-refractivity contribution in [3.8, 4) is 0 Å². The fourth-order valence-corrected chi connectivity index (χ4v) is 3.98. The number of benzene rings is 2. The van der Waals surface area contributed by atoms with E-state index in [1.807, 2.05) is 36.4 Å². The average Bonchev–Trinajstić information content (AvgIpc) is 2.63. The third kappa shape index (κ3) is 4.88. The van der Waals surface area contributed by atoms with Crippen LogP contribution in [0.2, 0.25) is 0 Å². The second-order valence-electron chi connectivity index (χ2n) is 5.39. The molecule has 0 radical (unpaired) electrons. The van der Waals surface area contributed by atoms with E-state index in [4.69, 9.17) is 34.7 Å². The highest BCUT2D eigenvalue weighted by atomic mass is 127. The Morgan fingerprint density at radius 1 is 0.846 bits per heavy atom. The number of hydrogen-bond acceptors (Lipinski definition) is 3. The topological polar surface area (TPSA) is 69.1 Å². The molecule has 4 N–H and O–H groups in total. The van der Waals surface area contributed by atoms with E-state index in [-0.39, 0.29) is 5.78 Å². The maximum absolute atomic E-state index is 13.3. The maximum Gasteiger partial charge on any atom is 0.196 e. The number of nitrogens with two attached hydrogens (primary N) is 2. The molecule has 2 aromatic carbocycles. The number of ketones is 1. The maximum atomic E-state index is 13.3. The Kier molecular flexibility index (Phi) is 8.56. The average molecular weight is 613 g/mol. The minimum Gasteiger partial charge on any atom is -0.326 e. The summed E-state index contributed by atoms with van der Waals surface area (Å²) in [5, 5.41) is 0. The van der Waals surface area contributed by atoms with Gasteiger partial charge >= 0.3 is 0 Å². The molecule has 0 saturated heterocycles. The highest BCUT2D eigenvalue weighted by molar-refractivity contribution is 14.1. The van der Waals surface area contributed by atoms with Gasteiger partial charge in [-0.15, -0.1) is 0 Å². The van der Waals surface area contributed by atoms with Gasteiger partial charge in [-0.1, -0.05) is 35.3 Å². The fourth-order valence-electron chi connectivity index (χ4n) is 2.56. The van der Waals surface area contributed by atoms with E-state index in [0.717, 1.165) is 18.3 Å². The molecule has 2 rings (SSSR count). The van der Waals surface area contributed by atoms with Crippen LogP contribution in [0.1, 0.15) is 22.3 Å². The molecule has 0 atom stereocenters. The SMILES string of the molecule is NCc1ccc(I)cc1C(=CCl)C(=O)C(=CCl)c1cc(I)ccc1CN. The highest BCUT2D eigenvalue weighted by Gasteiger charge is 2.22. The summed E-state index contributed by atoms with van der Waals surface area (Å²) in [6.45, 7) is 0.593. The van der Waals surface area contributed by atoms with E-state index in [2.05, 4.69) is 45.2 Å². The molecule has 0 spiro atoms. The van der Waals surface area contributed by atoms with E-state index in [1.54, 1.807) is 0 Å². The van der Waals surface area contributed by atoms with Gasteiger partial charge in [-0.2, -0.15) is 0 Å².